The van der Waals surface area contributed by atoms with E-state index in [9.17, 15) is 14.4 Å². The average molecular weight is 415 g/mol. The Balaban J connectivity index is 1.69. The normalized spacial score (nSPS) is 24.7. The van der Waals surface area contributed by atoms with Crippen LogP contribution in [0, 0.1) is 17.8 Å². The largest absolute Gasteiger partial charge is 0.378 e. The summed E-state index contributed by atoms with van der Waals surface area (Å²) in [7, 11) is 0. The van der Waals surface area contributed by atoms with Gasteiger partial charge in [0, 0.05) is 11.1 Å². The molecule has 1 aliphatic heterocycles. The van der Waals surface area contributed by atoms with Crippen LogP contribution in [0.1, 0.15) is 64.2 Å². The van der Waals surface area contributed by atoms with E-state index < -0.39 is 17.8 Å². The fraction of sp³-hybridized carbons (Fsp3) is 0.522. The minimum Gasteiger partial charge on any atom is -0.269 e. The maximum absolute atomic E-state index is 12.6. The molecule has 1 aliphatic carbocycles. The highest BCUT2D eigenvalue weighted by molar-refractivity contribution is 6.33. The van der Waals surface area contributed by atoms with Gasteiger partial charge in [0.15, 0.2) is 0 Å². The second kappa shape index (κ2) is 9.10. The number of rotatable bonds is 6. The van der Waals surface area contributed by atoms with Crippen molar-refractivity contribution in [3.8, 4) is 0 Å². The molecule has 3 atom stereocenters. The number of amides is 2. The average Bonchev–Trinajstić information content (AvgIpc) is 2.90. The van der Waals surface area contributed by atoms with Gasteiger partial charge in [-0.05, 0) is 61.6 Å². The topological polar surface area (TPSA) is 82.1 Å². The fourth-order valence-electron chi connectivity index (χ4n) is 4.18. The zero-order valence-electron chi connectivity index (χ0n) is 18.1. The monoisotopic (exact) mass is 415 g/mol. The van der Waals surface area contributed by atoms with Crippen LogP contribution < -0.4 is 4.90 Å². The molecule has 2 amide bonds. The first kappa shape index (κ1) is 22.2. The lowest BCUT2D eigenvalue weighted by molar-refractivity contribution is -0.503. The second-order valence-corrected chi connectivity index (χ2v) is 8.61. The van der Waals surface area contributed by atoms with Gasteiger partial charge < -0.3 is 0 Å². The van der Waals surface area contributed by atoms with Gasteiger partial charge in [-0.15, -0.1) is 0 Å². The summed E-state index contributed by atoms with van der Waals surface area (Å²) in [4.78, 5) is 49.0. The fourth-order valence-corrected chi connectivity index (χ4v) is 4.18. The van der Waals surface area contributed by atoms with Crippen LogP contribution in [0.3, 0.4) is 0 Å². The van der Waals surface area contributed by atoms with Crippen molar-refractivity contribution >= 4 is 23.5 Å². The summed E-state index contributed by atoms with van der Waals surface area (Å²) < 4.78 is 0. The number of hydrogen-bond acceptors (Lipinski definition) is 6. The van der Waals surface area contributed by atoms with E-state index in [0.29, 0.717) is 28.9 Å². The summed E-state index contributed by atoms with van der Waals surface area (Å²) in [5.74, 6) is -0.482. The van der Waals surface area contributed by atoms with Gasteiger partial charge >= 0.3 is 5.97 Å². The van der Waals surface area contributed by atoms with Crippen molar-refractivity contribution in [1.82, 2.24) is 0 Å². The summed E-state index contributed by atoms with van der Waals surface area (Å²) in [6.07, 6.45) is 2.85. The minimum absolute atomic E-state index is 0.0442. The molecule has 0 radical (unpaired) electrons. The van der Waals surface area contributed by atoms with Crippen LogP contribution >= 0.6 is 0 Å². The van der Waals surface area contributed by atoms with E-state index in [2.05, 4.69) is 20.8 Å². The maximum atomic E-state index is 12.6. The Morgan fingerprint density at radius 2 is 1.70 bits per heavy atom. The van der Waals surface area contributed by atoms with Crippen molar-refractivity contribution in [2.45, 2.75) is 60.0 Å². The van der Waals surface area contributed by atoms with Crippen LogP contribution in [0.15, 0.2) is 35.4 Å². The number of para-hydroxylation sites is 1. The minimum atomic E-state index is -0.835. The van der Waals surface area contributed by atoms with Crippen LogP contribution in [0.2, 0.25) is 0 Å². The molecular formula is C23H29NO6. The molecule has 1 fully saturated rings. The Morgan fingerprint density at radius 3 is 2.33 bits per heavy atom. The van der Waals surface area contributed by atoms with Gasteiger partial charge in [0.05, 0.1) is 11.3 Å². The maximum Gasteiger partial charge on any atom is 0.378 e. The van der Waals surface area contributed by atoms with Crippen LogP contribution in [-0.4, -0.2) is 23.9 Å². The van der Waals surface area contributed by atoms with Gasteiger partial charge in [-0.2, -0.15) is 4.89 Å². The molecule has 0 spiro atoms. The third-order valence-corrected chi connectivity index (χ3v) is 6.21. The van der Waals surface area contributed by atoms with E-state index in [-0.39, 0.29) is 17.4 Å². The molecule has 3 unspecified atom stereocenters. The van der Waals surface area contributed by atoms with Crippen molar-refractivity contribution in [3.63, 3.8) is 0 Å². The third kappa shape index (κ3) is 4.32. The lowest BCUT2D eigenvalue weighted by Crippen LogP contribution is -2.35. The van der Waals surface area contributed by atoms with Crippen LogP contribution in [-0.2, 0) is 24.4 Å². The molecule has 162 valence electrons. The number of benzene rings is 1. The number of hydrogen-bond donors (Lipinski definition) is 0. The van der Waals surface area contributed by atoms with Gasteiger partial charge in [0.2, 0.25) is 0 Å². The molecule has 1 saturated carbocycles. The number of carbonyl (C=O) groups excluding carboxylic acids is 3. The van der Waals surface area contributed by atoms with E-state index in [1.807, 2.05) is 0 Å². The van der Waals surface area contributed by atoms with Crippen LogP contribution in [0.4, 0.5) is 5.69 Å². The number of nitrogens with zero attached hydrogens (tertiary/aromatic N) is 1. The highest BCUT2D eigenvalue weighted by atomic mass is 17.5. The zero-order chi connectivity index (χ0) is 22.0. The van der Waals surface area contributed by atoms with Crippen molar-refractivity contribution in [2.75, 3.05) is 4.90 Å². The smallest absolute Gasteiger partial charge is 0.269 e. The number of imide groups is 1. The first-order valence-corrected chi connectivity index (χ1v) is 10.4. The first-order valence-electron chi connectivity index (χ1n) is 10.4. The molecule has 0 N–H and O–H groups in total. The standard InChI is InChI=1S/C23H29NO6/c1-13(2)17-11-10-14(3)12-20(17)28-30-29-23(27)18-8-6-7-9-19(18)24-21(25)15(4)16(5)22(24)26/h6-9,13-14,17,20H,10-12H2,1-5H3. The molecule has 1 aromatic carbocycles. The van der Waals surface area contributed by atoms with Crippen LogP contribution in [0.25, 0.3) is 0 Å². The Morgan fingerprint density at radius 1 is 1.07 bits per heavy atom. The van der Waals surface area contributed by atoms with Gasteiger partial charge in [0.1, 0.15) is 6.10 Å². The summed E-state index contributed by atoms with van der Waals surface area (Å²) >= 11 is 0. The molecule has 1 heterocycles. The molecule has 3 rings (SSSR count). The van der Waals surface area contributed by atoms with Gasteiger partial charge in [-0.3, -0.25) is 14.5 Å². The summed E-state index contributed by atoms with van der Waals surface area (Å²) in [5.41, 5.74) is 0.911. The van der Waals surface area contributed by atoms with Crippen molar-refractivity contribution in [3.05, 3.63) is 41.0 Å². The molecule has 0 bridgehead atoms. The number of anilines is 1. The highest BCUT2D eigenvalue weighted by Crippen LogP contribution is 2.35. The lowest BCUT2D eigenvalue weighted by Gasteiger charge is -2.35. The molecule has 7 heteroatoms. The van der Waals surface area contributed by atoms with E-state index in [0.717, 1.165) is 24.2 Å². The molecule has 7 nitrogen and oxygen atoms in total. The zero-order valence-corrected chi connectivity index (χ0v) is 18.1. The lowest BCUT2D eigenvalue weighted by atomic mass is 9.75. The SMILES string of the molecule is CC1=C(C)C(=O)N(c2ccccc2C(=O)OOOC2CC(C)CCC2C(C)C)C1=O. The summed E-state index contributed by atoms with van der Waals surface area (Å²) in [5, 5.41) is 4.88. The molecule has 0 aromatic heterocycles. The molecule has 1 aromatic rings. The Bertz CT molecular complexity index is 850. The number of carbonyl (C=O) groups is 3. The third-order valence-electron chi connectivity index (χ3n) is 6.21. The van der Waals surface area contributed by atoms with Crippen molar-refractivity contribution in [1.29, 1.82) is 0 Å². The summed E-state index contributed by atoms with van der Waals surface area (Å²) in [6, 6.07) is 6.27. The van der Waals surface area contributed by atoms with E-state index >= 15 is 0 Å². The first-order chi connectivity index (χ1) is 14.2. The second-order valence-electron chi connectivity index (χ2n) is 8.61. The quantitative estimate of drug-likeness (QED) is 0.390. The van der Waals surface area contributed by atoms with Crippen molar-refractivity contribution in [2.24, 2.45) is 17.8 Å². The Hall–Kier alpha value is -2.51. The van der Waals surface area contributed by atoms with Gasteiger partial charge in [-0.25, -0.2) is 9.69 Å². The highest BCUT2D eigenvalue weighted by Gasteiger charge is 2.37. The van der Waals surface area contributed by atoms with Crippen molar-refractivity contribution < 1.29 is 29.2 Å². The van der Waals surface area contributed by atoms with E-state index in [1.54, 1.807) is 26.0 Å². The van der Waals surface area contributed by atoms with Crippen LogP contribution in [0.5, 0.6) is 0 Å². The summed E-state index contributed by atoms with van der Waals surface area (Å²) in [6.45, 7) is 9.62. The predicted octanol–water partition coefficient (Wildman–Crippen LogP) is 4.38. The predicted molar refractivity (Wildman–Crippen MR) is 110 cm³/mol. The van der Waals surface area contributed by atoms with Gasteiger partial charge in [0.25, 0.3) is 11.8 Å². The molecule has 30 heavy (non-hydrogen) atoms. The Labute approximate surface area is 176 Å². The molecule has 2 aliphatic rings. The van der Waals surface area contributed by atoms with E-state index in [4.69, 9.17) is 14.8 Å². The van der Waals surface area contributed by atoms with E-state index in [1.165, 1.54) is 12.1 Å². The molecule has 0 saturated heterocycles. The molecular weight excluding hydrogens is 386 g/mol. The Kier molecular flexibility index (Phi) is 6.73. The van der Waals surface area contributed by atoms with Gasteiger partial charge in [-0.1, -0.05) is 39.3 Å².